The first kappa shape index (κ1) is 17.3. The van der Waals surface area contributed by atoms with Crippen LogP contribution in [0.2, 0.25) is 0 Å². The molecule has 4 nitrogen and oxygen atoms in total. The molecular weight excluding hydrogens is 330 g/mol. The van der Waals surface area contributed by atoms with Crippen molar-refractivity contribution in [3.63, 3.8) is 0 Å². The molecule has 0 aliphatic carbocycles. The van der Waals surface area contributed by atoms with Crippen molar-refractivity contribution < 1.29 is 4.74 Å². The number of aryl methyl sites for hydroxylation is 1. The Morgan fingerprint density at radius 1 is 1.20 bits per heavy atom. The summed E-state index contributed by atoms with van der Waals surface area (Å²) in [6, 6.07) is 12.2. The summed E-state index contributed by atoms with van der Waals surface area (Å²) in [6.45, 7) is 4.96. The smallest absolute Gasteiger partial charge is 0.170 e. The maximum atomic E-state index is 5.42. The van der Waals surface area contributed by atoms with Crippen molar-refractivity contribution in [2.24, 2.45) is 0 Å². The molecule has 0 unspecified atom stereocenters. The first-order valence-corrected chi connectivity index (χ1v) is 8.74. The molecule has 0 spiro atoms. The number of anilines is 1. The Morgan fingerprint density at radius 2 is 2.04 bits per heavy atom. The predicted molar refractivity (Wildman–Crippen MR) is 109 cm³/mol. The van der Waals surface area contributed by atoms with Gasteiger partial charge in [0.25, 0.3) is 0 Å². The molecule has 130 valence electrons. The zero-order valence-electron chi connectivity index (χ0n) is 14.8. The molecular formula is C20H23N3OS. The van der Waals surface area contributed by atoms with Gasteiger partial charge in [-0.25, -0.2) is 0 Å². The normalized spacial score (nSPS) is 10.7. The van der Waals surface area contributed by atoms with Crippen LogP contribution in [0.3, 0.4) is 0 Å². The zero-order chi connectivity index (χ0) is 17.8. The van der Waals surface area contributed by atoms with Crippen LogP contribution in [0.25, 0.3) is 10.9 Å². The van der Waals surface area contributed by atoms with Crippen molar-refractivity contribution in [2.75, 3.05) is 19.0 Å². The monoisotopic (exact) mass is 353 g/mol. The van der Waals surface area contributed by atoms with Crippen LogP contribution >= 0.6 is 12.2 Å². The van der Waals surface area contributed by atoms with Gasteiger partial charge in [0, 0.05) is 29.3 Å². The molecule has 0 aliphatic rings. The summed E-state index contributed by atoms with van der Waals surface area (Å²) in [5, 5.41) is 8.40. The number of rotatable bonds is 5. The van der Waals surface area contributed by atoms with E-state index in [0.717, 1.165) is 29.9 Å². The molecule has 3 aromatic rings. The van der Waals surface area contributed by atoms with Gasteiger partial charge in [0.2, 0.25) is 0 Å². The van der Waals surface area contributed by atoms with Crippen molar-refractivity contribution in [3.05, 3.63) is 59.3 Å². The molecule has 25 heavy (non-hydrogen) atoms. The van der Waals surface area contributed by atoms with Crippen LogP contribution in [-0.4, -0.2) is 23.8 Å². The topological polar surface area (TPSA) is 49.1 Å². The highest BCUT2D eigenvalue weighted by molar-refractivity contribution is 7.80. The summed E-state index contributed by atoms with van der Waals surface area (Å²) >= 11 is 5.42. The van der Waals surface area contributed by atoms with E-state index in [1.165, 1.54) is 22.1 Å². The van der Waals surface area contributed by atoms with Crippen molar-refractivity contribution in [1.29, 1.82) is 0 Å². The number of nitrogens with one attached hydrogen (secondary N) is 3. The minimum absolute atomic E-state index is 0.645. The Balaban J connectivity index is 1.59. The van der Waals surface area contributed by atoms with E-state index in [4.69, 9.17) is 17.0 Å². The standard InChI is InChI=1S/C20H23N3OS/c1-13-5-4-6-18(14(13)2)23-20(25)21-10-9-15-12-22-19-8-7-16(24-3)11-17(15)19/h4-8,11-12,22H,9-10H2,1-3H3,(H2,21,23,25). The molecule has 0 fully saturated rings. The molecule has 2 aromatic carbocycles. The summed E-state index contributed by atoms with van der Waals surface area (Å²) in [4.78, 5) is 3.30. The molecule has 3 rings (SSSR count). The van der Waals surface area contributed by atoms with Gasteiger partial charge in [-0.3, -0.25) is 0 Å². The lowest BCUT2D eigenvalue weighted by Crippen LogP contribution is -2.30. The lowest BCUT2D eigenvalue weighted by Gasteiger charge is -2.13. The molecule has 0 atom stereocenters. The molecule has 0 radical (unpaired) electrons. The van der Waals surface area contributed by atoms with Gasteiger partial charge in [-0.1, -0.05) is 12.1 Å². The third-order valence-corrected chi connectivity index (χ3v) is 4.75. The molecule has 0 bridgehead atoms. The van der Waals surface area contributed by atoms with Crippen molar-refractivity contribution in [1.82, 2.24) is 10.3 Å². The Morgan fingerprint density at radius 3 is 2.84 bits per heavy atom. The summed E-state index contributed by atoms with van der Waals surface area (Å²) in [5.41, 5.74) is 5.88. The van der Waals surface area contributed by atoms with Crippen LogP contribution in [-0.2, 0) is 6.42 Å². The number of hydrogen-bond donors (Lipinski definition) is 3. The Labute approximate surface area is 153 Å². The Bertz CT molecular complexity index is 901. The zero-order valence-corrected chi connectivity index (χ0v) is 15.6. The fraction of sp³-hybridized carbons (Fsp3) is 0.250. The largest absolute Gasteiger partial charge is 0.497 e. The number of benzene rings is 2. The number of aromatic nitrogens is 1. The summed E-state index contributed by atoms with van der Waals surface area (Å²) in [5.74, 6) is 0.869. The van der Waals surface area contributed by atoms with Gasteiger partial charge in [-0.2, -0.15) is 0 Å². The van der Waals surface area contributed by atoms with Gasteiger partial charge >= 0.3 is 0 Å². The number of aromatic amines is 1. The van der Waals surface area contributed by atoms with E-state index in [-0.39, 0.29) is 0 Å². The number of thiocarbonyl (C=S) groups is 1. The molecule has 1 aromatic heterocycles. The maximum absolute atomic E-state index is 5.42. The number of fused-ring (bicyclic) bond motifs is 1. The molecule has 0 saturated carbocycles. The van der Waals surface area contributed by atoms with Crippen LogP contribution in [0.1, 0.15) is 16.7 Å². The average Bonchev–Trinajstić information content (AvgIpc) is 3.01. The second-order valence-corrected chi connectivity index (χ2v) is 6.51. The van der Waals surface area contributed by atoms with Crippen LogP contribution in [0.5, 0.6) is 5.75 Å². The SMILES string of the molecule is COc1ccc2[nH]cc(CCNC(=S)Nc3cccc(C)c3C)c2c1. The fourth-order valence-electron chi connectivity index (χ4n) is 2.86. The molecule has 1 heterocycles. The summed E-state index contributed by atoms with van der Waals surface area (Å²) < 4.78 is 5.32. The second kappa shape index (κ2) is 7.57. The fourth-order valence-corrected chi connectivity index (χ4v) is 3.07. The van der Waals surface area contributed by atoms with Gasteiger partial charge in [0.1, 0.15) is 5.75 Å². The van der Waals surface area contributed by atoms with E-state index in [1.54, 1.807) is 7.11 Å². The van der Waals surface area contributed by atoms with Crippen LogP contribution < -0.4 is 15.4 Å². The van der Waals surface area contributed by atoms with Gasteiger partial charge in [-0.15, -0.1) is 0 Å². The van der Waals surface area contributed by atoms with E-state index in [9.17, 15) is 0 Å². The minimum Gasteiger partial charge on any atom is -0.497 e. The van der Waals surface area contributed by atoms with Crippen molar-refractivity contribution in [2.45, 2.75) is 20.3 Å². The van der Waals surface area contributed by atoms with E-state index < -0.39 is 0 Å². The van der Waals surface area contributed by atoms with Crippen LogP contribution in [0, 0.1) is 13.8 Å². The number of ether oxygens (including phenoxy) is 1. The van der Waals surface area contributed by atoms with Crippen molar-refractivity contribution >= 4 is 33.9 Å². The van der Waals surface area contributed by atoms with E-state index in [0.29, 0.717) is 5.11 Å². The quantitative estimate of drug-likeness (QED) is 0.598. The van der Waals surface area contributed by atoms with Crippen molar-refractivity contribution in [3.8, 4) is 5.75 Å². The van der Waals surface area contributed by atoms with Gasteiger partial charge < -0.3 is 20.4 Å². The van der Waals surface area contributed by atoms with Crippen LogP contribution in [0.15, 0.2) is 42.6 Å². The molecule has 0 amide bonds. The summed E-state index contributed by atoms with van der Waals surface area (Å²) in [6.07, 6.45) is 2.93. The number of H-pyrrole nitrogens is 1. The highest BCUT2D eigenvalue weighted by atomic mass is 32.1. The maximum Gasteiger partial charge on any atom is 0.170 e. The van der Waals surface area contributed by atoms with Crippen LogP contribution in [0.4, 0.5) is 5.69 Å². The highest BCUT2D eigenvalue weighted by Gasteiger charge is 2.06. The molecule has 0 aliphatic heterocycles. The summed E-state index contributed by atoms with van der Waals surface area (Å²) in [7, 11) is 1.69. The average molecular weight is 353 g/mol. The van der Waals surface area contributed by atoms with E-state index in [2.05, 4.69) is 41.6 Å². The predicted octanol–water partition coefficient (Wildman–Crippen LogP) is 4.32. The minimum atomic E-state index is 0.645. The molecule has 0 saturated heterocycles. The third-order valence-electron chi connectivity index (χ3n) is 4.51. The molecule has 5 heteroatoms. The molecule has 3 N–H and O–H groups in total. The Hall–Kier alpha value is -2.53. The van der Waals surface area contributed by atoms with Gasteiger partial charge in [0.05, 0.1) is 7.11 Å². The number of methoxy groups -OCH3 is 1. The first-order chi connectivity index (χ1) is 12.1. The van der Waals surface area contributed by atoms with Gasteiger partial charge in [-0.05, 0) is 73.4 Å². The number of hydrogen-bond acceptors (Lipinski definition) is 2. The van der Waals surface area contributed by atoms with Gasteiger partial charge in [0.15, 0.2) is 5.11 Å². The third kappa shape index (κ3) is 3.94. The highest BCUT2D eigenvalue weighted by Crippen LogP contribution is 2.23. The lowest BCUT2D eigenvalue weighted by molar-refractivity contribution is 0.415. The van der Waals surface area contributed by atoms with E-state index in [1.807, 2.05) is 30.5 Å². The lowest BCUT2D eigenvalue weighted by atomic mass is 10.1. The second-order valence-electron chi connectivity index (χ2n) is 6.10. The first-order valence-electron chi connectivity index (χ1n) is 8.33. The Kier molecular flexibility index (Phi) is 5.24. The van der Waals surface area contributed by atoms with E-state index >= 15 is 0 Å².